The van der Waals surface area contributed by atoms with Crippen molar-refractivity contribution in [2.24, 2.45) is 5.92 Å². The molecule has 0 unspecified atom stereocenters. The van der Waals surface area contributed by atoms with Gasteiger partial charge in [-0.3, -0.25) is 9.69 Å². The molecule has 1 saturated carbocycles. The first kappa shape index (κ1) is 18.5. The molecule has 0 aliphatic heterocycles. The molecule has 2 heterocycles. The summed E-state index contributed by atoms with van der Waals surface area (Å²) in [5.41, 5.74) is 1.54. The van der Waals surface area contributed by atoms with E-state index in [0.29, 0.717) is 36.2 Å². The van der Waals surface area contributed by atoms with Crippen LogP contribution in [0.25, 0.3) is 11.0 Å². The number of furan rings is 1. The van der Waals surface area contributed by atoms with Gasteiger partial charge in [0.2, 0.25) is 5.91 Å². The molecule has 1 amide bonds. The van der Waals surface area contributed by atoms with Gasteiger partial charge < -0.3 is 14.2 Å². The Labute approximate surface area is 163 Å². The normalized spacial score (nSPS) is 18.6. The summed E-state index contributed by atoms with van der Waals surface area (Å²) < 4.78 is 11.3. The van der Waals surface area contributed by atoms with E-state index in [1.165, 1.54) is 19.4 Å². The van der Waals surface area contributed by atoms with Crippen molar-refractivity contribution in [1.29, 1.82) is 0 Å². The summed E-state index contributed by atoms with van der Waals surface area (Å²) in [4.78, 5) is 25.4. The molecule has 2 aromatic heterocycles. The summed E-state index contributed by atoms with van der Waals surface area (Å²) in [6.07, 6.45) is 1.20. The van der Waals surface area contributed by atoms with E-state index in [1.807, 2.05) is 25.2 Å². The lowest BCUT2D eigenvalue weighted by Gasteiger charge is -2.16. The number of hydrogen-bond donors (Lipinski definition) is 1. The minimum atomic E-state index is -0.404. The van der Waals surface area contributed by atoms with Gasteiger partial charge in [-0.2, -0.15) is 0 Å². The van der Waals surface area contributed by atoms with Crippen LogP contribution in [-0.2, 0) is 17.9 Å². The third-order valence-electron chi connectivity index (χ3n) is 5.17. The van der Waals surface area contributed by atoms with E-state index in [-0.39, 0.29) is 5.91 Å². The Morgan fingerprint density at radius 1 is 1.18 bits per heavy atom. The molecule has 1 aromatic carbocycles. The van der Waals surface area contributed by atoms with Gasteiger partial charge in [-0.15, -0.1) is 0 Å². The molecule has 4 rings (SSSR count). The zero-order valence-electron chi connectivity index (χ0n) is 16.3. The van der Waals surface area contributed by atoms with Crippen LogP contribution in [0.3, 0.4) is 0 Å². The largest absolute Gasteiger partial charge is 0.464 e. The van der Waals surface area contributed by atoms with Crippen LogP contribution in [0.5, 0.6) is 0 Å². The number of anilines is 1. The number of carbonyl (C=O) groups excluding carboxylic acids is 1. The SMILES string of the molecule is CC(=O)Nc1ccc2c(CN(C)Cc3ccc([C@@H]4C[C@@H]4C)o3)cc(=O)oc2c1. The molecular weight excluding hydrogens is 356 g/mol. The molecule has 3 aromatic rings. The fourth-order valence-electron chi connectivity index (χ4n) is 3.65. The summed E-state index contributed by atoms with van der Waals surface area (Å²) in [6.45, 7) is 4.92. The second kappa shape index (κ2) is 7.28. The molecule has 146 valence electrons. The van der Waals surface area contributed by atoms with Crippen LogP contribution in [0.4, 0.5) is 5.69 Å². The second-order valence-electron chi connectivity index (χ2n) is 7.78. The molecule has 2 atom stereocenters. The van der Waals surface area contributed by atoms with Crippen LogP contribution in [0.15, 0.2) is 50.0 Å². The highest BCUT2D eigenvalue weighted by atomic mass is 16.4. The fourth-order valence-corrected chi connectivity index (χ4v) is 3.65. The number of hydrogen-bond acceptors (Lipinski definition) is 5. The van der Waals surface area contributed by atoms with Gasteiger partial charge >= 0.3 is 5.63 Å². The molecule has 6 nitrogen and oxygen atoms in total. The molecule has 1 N–H and O–H groups in total. The molecule has 28 heavy (non-hydrogen) atoms. The van der Waals surface area contributed by atoms with Crippen LogP contribution in [0.1, 0.15) is 43.3 Å². The lowest BCUT2D eigenvalue weighted by molar-refractivity contribution is -0.114. The fraction of sp³-hybridized carbons (Fsp3) is 0.364. The highest BCUT2D eigenvalue weighted by Gasteiger charge is 2.36. The Balaban J connectivity index is 1.52. The average molecular weight is 380 g/mol. The van der Waals surface area contributed by atoms with Gasteiger partial charge in [0.05, 0.1) is 6.54 Å². The predicted molar refractivity (Wildman–Crippen MR) is 107 cm³/mol. The smallest absolute Gasteiger partial charge is 0.336 e. The first-order valence-electron chi connectivity index (χ1n) is 9.50. The zero-order chi connectivity index (χ0) is 19.8. The number of amides is 1. The van der Waals surface area contributed by atoms with Crippen LogP contribution in [-0.4, -0.2) is 17.9 Å². The van der Waals surface area contributed by atoms with Gasteiger partial charge in [-0.1, -0.05) is 6.92 Å². The third-order valence-corrected chi connectivity index (χ3v) is 5.17. The van der Waals surface area contributed by atoms with E-state index in [9.17, 15) is 9.59 Å². The highest BCUT2D eigenvalue weighted by molar-refractivity contribution is 5.92. The van der Waals surface area contributed by atoms with E-state index < -0.39 is 5.63 Å². The van der Waals surface area contributed by atoms with Gasteiger partial charge in [-0.25, -0.2) is 4.79 Å². The van der Waals surface area contributed by atoms with E-state index >= 15 is 0 Å². The number of benzene rings is 1. The maximum atomic E-state index is 12.0. The molecule has 0 spiro atoms. The molecule has 0 saturated heterocycles. The minimum absolute atomic E-state index is 0.170. The van der Waals surface area contributed by atoms with Gasteiger partial charge in [0, 0.05) is 42.6 Å². The standard InChI is InChI=1S/C22H24N2O4/c1-13-8-19(13)20-7-5-17(27-20)12-24(3)11-15-9-22(26)28-21-10-16(23-14(2)25)4-6-18(15)21/h4-7,9-10,13,19H,8,11-12H2,1-3H3,(H,23,25)/t13-,19+/m0/s1. The van der Waals surface area contributed by atoms with E-state index in [2.05, 4.69) is 23.2 Å². The zero-order valence-corrected chi connectivity index (χ0v) is 16.3. The maximum absolute atomic E-state index is 12.0. The monoisotopic (exact) mass is 380 g/mol. The third kappa shape index (κ3) is 4.02. The van der Waals surface area contributed by atoms with E-state index in [4.69, 9.17) is 8.83 Å². The lowest BCUT2D eigenvalue weighted by Crippen LogP contribution is -2.18. The van der Waals surface area contributed by atoms with Crippen molar-refractivity contribution in [1.82, 2.24) is 4.90 Å². The Morgan fingerprint density at radius 2 is 1.96 bits per heavy atom. The van der Waals surface area contributed by atoms with Crippen molar-refractivity contribution in [3.05, 3.63) is 63.9 Å². The van der Waals surface area contributed by atoms with Crippen LogP contribution in [0, 0.1) is 5.92 Å². The molecule has 0 bridgehead atoms. The topological polar surface area (TPSA) is 75.7 Å². The van der Waals surface area contributed by atoms with Crippen LogP contribution < -0.4 is 10.9 Å². The van der Waals surface area contributed by atoms with Crippen molar-refractivity contribution in [2.45, 2.75) is 39.3 Å². The molecule has 6 heteroatoms. The van der Waals surface area contributed by atoms with Crippen molar-refractivity contribution < 1.29 is 13.6 Å². The Hall–Kier alpha value is -2.86. The molecular formula is C22H24N2O4. The average Bonchev–Trinajstić information content (AvgIpc) is 3.16. The van der Waals surface area contributed by atoms with Gasteiger partial charge in [0.15, 0.2) is 0 Å². The maximum Gasteiger partial charge on any atom is 0.336 e. The molecule has 1 aliphatic rings. The summed E-state index contributed by atoms with van der Waals surface area (Å²) in [5.74, 6) is 3.12. The van der Waals surface area contributed by atoms with Gasteiger partial charge in [0.1, 0.15) is 17.1 Å². The van der Waals surface area contributed by atoms with Crippen molar-refractivity contribution >= 4 is 22.6 Å². The number of nitrogens with one attached hydrogen (secondary N) is 1. The Kier molecular flexibility index (Phi) is 4.81. The first-order valence-corrected chi connectivity index (χ1v) is 9.50. The number of carbonyl (C=O) groups is 1. The van der Waals surface area contributed by atoms with Crippen LogP contribution >= 0.6 is 0 Å². The van der Waals surface area contributed by atoms with Gasteiger partial charge in [-0.05, 0) is 49.2 Å². The Morgan fingerprint density at radius 3 is 2.68 bits per heavy atom. The second-order valence-corrected chi connectivity index (χ2v) is 7.78. The number of nitrogens with zero attached hydrogens (tertiary/aromatic N) is 1. The summed E-state index contributed by atoms with van der Waals surface area (Å²) in [6, 6.07) is 11.0. The summed E-state index contributed by atoms with van der Waals surface area (Å²) in [7, 11) is 1.99. The van der Waals surface area contributed by atoms with E-state index in [1.54, 1.807) is 6.07 Å². The van der Waals surface area contributed by atoms with E-state index in [0.717, 1.165) is 22.5 Å². The highest BCUT2D eigenvalue weighted by Crippen LogP contribution is 2.47. The Bertz CT molecular complexity index is 1080. The first-order chi connectivity index (χ1) is 13.4. The minimum Gasteiger partial charge on any atom is -0.464 e. The lowest BCUT2D eigenvalue weighted by atomic mass is 10.1. The molecule has 1 aliphatic carbocycles. The summed E-state index contributed by atoms with van der Waals surface area (Å²) >= 11 is 0. The van der Waals surface area contributed by atoms with Crippen LogP contribution in [0.2, 0.25) is 0 Å². The molecule has 0 radical (unpaired) electrons. The van der Waals surface area contributed by atoms with Crippen molar-refractivity contribution in [3.63, 3.8) is 0 Å². The van der Waals surface area contributed by atoms with Gasteiger partial charge in [0.25, 0.3) is 0 Å². The summed E-state index contributed by atoms with van der Waals surface area (Å²) in [5, 5.41) is 3.56. The van der Waals surface area contributed by atoms with Crippen molar-refractivity contribution in [2.75, 3.05) is 12.4 Å². The number of rotatable bonds is 6. The number of fused-ring (bicyclic) bond motifs is 1. The van der Waals surface area contributed by atoms with Crippen molar-refractivity contribution in [3.8, 4) is 0 Å². The quantitative estimate of drug-likeness (QED) is 0.652. The predicted octanol–water partition coefficient (Wildman–Crippen LogP) is 4.10. The molecule has 1 fully saturated rings.